The van der Waals surface area contributed by atoms with Crippen molar-refractivity contribution in [1.82, 2.24) is 0 Å². The maximum Gasteiger partial charge on any atom is 0.472 e. The fourth-order valence-corrected chi connectivity index (χ4v) is 5.45. The number of phosphoric acid groups is 1. The number of carbonyl (C=O) groups excluding carboxylic acids is 2. The number of unbranched alkanes of at least 4 members (excludes halogenated alkanes) is 14. The van der Waals surface area contributed by atoms with Crippen LogP contribution in [-0.2, 0) is 32.7 Å². The molecule has 49 heavy (non-hydrogen) atoms. The van der Waals surface area contributed by atoms with Gasteiger partial charge in [0.2, 0.25) is 0 Å². The molecule has 0 radical (unpaired) electrons. The summed E-state index contributed by atoms with van der Waals surface area (Å²) in [5.41, 5.74) is 5.32. The average Bonchev–Trinajstić information content (AvgIpc) is 3.08. The van der Waals surface area contributed by atoms with Crippen LogP contribution in [0.3, 0.4) is 0 Å². The molecule has 0 saturated heterocycles. The molecule has 0 aromatic rings. The summed E-state index contributed by atoms with van der Waals surface area (Å²) in [5, 5.41) is 0. The quantitative estimate of drug-likeness (QED) is 0.0290. The van der Waals surface area contributed by atoms with Gasteiger partial charge in [0.25, 0.3) is 0 Å². The Balaban J connectivity index is 4.29. The van der Waals surface area contributed by atoms with Crippen LogP contribution in [0.4, 0.5) is 0 Å². The highest BCUT2D eigenvalue weighted by atomic mass is 31.2. The lowest BCUT2D eigenvalue weighted by Gasteiger charge is -2.19. The van der Waals surface area contributed by atoms with E-state index in [1.165, 1.54) is 25.7 Å². The maximum absolute atomic E-state index is 12.5. The molecule has 0 amide bonds. The summed E-state index contributed by atoms with van der Waals surface area (Å²) in [5.74, 6) is -0.874. The molecule has 0 bridgehead atoms. The highest BCUT2D eigenvalue weighted by Gasteiger charge is 2.25. The second-order valence-electron chi connectivity index (χ2n) is 12.1. The molecule has 0 aromatic heterocycles. The summed E-state index contributed by atoms with van der Waals surface area (Å²) in [7, 11) is -4.38. The molecular weight excluding hydrogens is 641 g/mol. The largest absolute Gasteiger partial charge is 0.472 e. The van der Waals surface area contributed by atoms with Crippen molar-refractivity contribution < 1.29 is 37.6 Å². The van der Waals surface area contributed by atoms with Gasteiger partial charge in [-0.2, -0.15) is 0 Å². The van der Waals surface area contributed by atoms with E-state index in [1.54, 1.807) is 0 Å². The summed E-state index contributed by atoms with van der Waals surface area (Å²) in [6.45, 7) is 3.50. The highest BCUT2D eigenvalue weighted by Crippen LogP contribution is 2.43. The standard InChI is InChI=1S/C39H68NO8P/c1-3-5-7-9-11-13-15-17-18-20-21-23-25-27-29-31-38(41)45-35-37(36-47-49(43,44)46-34-33-40)48-39(42)32-30-28-26-24-22-19-16-14-12-10-8-6-4-2/h6,8,10-17,37H,3-5,7,9,18-36,40H2,1-2H3,(H,43,44)/b8-6+,12-10+,13-11+,16-14+,17-15+. The lowest BCUT2D eigenvalue weighted by molar-refractivity contribution is -0.161. The molecule has 0 rings (SSSR count). The minimum absolute atomic E-state index is 0.0450. The van der Waals surface area contributed by atoms with Gasteiger partial charge in [-0.3, -0.25) is 18.6 Å². The van der Waals surface area contributed by atoms with Crippen LogP contribution in [0.15, 0.2) is 60.8 Å². The van der Waals surface area contributed by atoms with E-state index >= 15 is 0 Å². The predicted octanol–water partition coefficient (Wildman–Crippen LogP) is 10.2. The third kappa shape index (κ3) is 35.3. The Morgan fingerprint density at radius 3 is 1.67 bits per heavy atom. The topological polar surface area (TPSA) is 134 Å². The van der Waals surface area contributed by atoms with E-state index < -0.39 is 32.5 Å². The van der Waals surface area contributed by atoms with E-state index in [2.05, 4.69) is 56.4 Å². The van der Waals surface area contributed by atoms with Gasteiger partial charge in [0.05, 0.1) is 13.2 Å². The number of allylic oxidation sites excluding steroid dienone is 10. The van der Waals surface area contributed by atoms with Crippen LogP contribution in [0, 0.1) is 0 Å². The zero-order valence-corrected chi connectivity index (χ0v) is 31.5. The summed E-state index contributed by atoms with van der Waals surface area (Å²) in [4.78, 5) is 34.7. The van der Waals surface area contributed by atoms with E-state index in [4.69, 9.17) is 24.3 Å². The number of nitrogens with two attached hydrogens (primary N) is 1. The normalized spacial score (nSPS) is 14.1. The van der Waals surface area contributed by atoms with Crippen molar-refractivity contribution >= 4 is 19.8 Å². The second-order valence-corrected chi connectivity index (χ2v) is 13.6. The Hall–Kier alpha value is -2.29. The van der Waals surface area contributed by atoms with Crippen molar-refractivity contribution in [3.63, 3.8) is 0 Å². The minimum atomic E-state index is -4.38. The maximum atomic E-state index is 12.5. The number of hydrogen-bond acceptors (Lipinski definition) is 8. The fourth-order valence-electron chi connectivity index (χ4n) is 4.68. The lowest BCUT2D eigenvalue weighted by Crippen LogP contribution is -2.29. The molecule has 2 atom stereocenters. The van der Waals surface area contributed by atoms with E-state index in [0.29, 0.717) is 12.8 Å². The number of carbonyl (C=O) groups is 2. The van der Waals surface area contributed by atoms with Gasteiger partial charge < -0.3 is 20.1 Å². The van der Waals surface area contributed by atoms with Gasteiger partial charge in [0, 0.05) is 19.4 Å². The van der Waals surface area contributed by atoms with Gasteiger partial charge in [0.15, 0.2) is 6.10 Å². The summed E-state index contributed by atoms with van der Waals surface area (Å²) in [6.07, 6.45) is 39.6. The SMILES string of the molecule is CC/C=C/C=C/C=C/CCCCCCCC(=O)OC(COC(=O)CCCCCCCC/C=C/C=C/CCCCC)COP(=O)(O)OCCN. The van der Waals surface area contributed by atoms with Gasteiger partial charge in [-0.05, 0) is 57.8 Å². The van der Waals surface area contributed by atoms with Crippen LogP contribution < -0.4 is 5.73 Å². The molecule has 0 aliphatic heterocycles. The van der Waals surface area contributed by atoms with Gasteiger partial charge in [-0.1, -0.05) is 132 Å². The molecule has 3 N–H and O–H groups in total. The molecule has 0 fully saturated rings. The van der Waals surface area contributed by atoms with Gasteiger partial charge in [-0.25, -0.2) is 4.57 Å². The first-order valence-corrected chi connectivity index (χ1v) is 20.3. The predicted molar refractivity (Wildman–Crippen MR) is 201 cm³/mol. The Kier molecular flexibility index (Phi) is 33.9. The molecule has 0 saturated carbocycles. The van der Waals surface area contributed by atoms with Crippen molar-refractivity contribution in [2.75, 3.05) is 26.4 Å². The van der Waals surface area contributed by atoms with Crippen molar-refractivity contribution in [3.05, 3.63) is 60.8 Å². The summed E-state index contributed by atoms with van der Waals surface area (Å²) < 4.78 is 32.6. The van der Waals surface area contributed by atoms with Crippen molar-refractivity contribution in [1.29, 1.82) is 0 Å². The van der Waals surface area contributed by atoms with E-state index in [1.807, 2.05) is 18.2 Å². The van der Waals surface area contributed by atoms with Crippen molar-refractivity contribution in [3.8, 4) is 0 Å². The number of phosphoric ester groups is 1. The van der Waals surface area contributed by atoms with Crippen LogP contribution in [0.2, 0.25) is 0 Å². The molecule has 0 aliphatic carbocycles. The average molecular weight is 710 g/mol. The van der Waals surface area contributed by atoms with E-state index in [9.17, 15) is 19.0 Å². The Labute approximate surface area is 298 Å². The van der Waals surface area contributed by atoms with Crippen LogP contribution in [0.25, 0.3) is 0 Å². The Bertz CT molecular complexity index is 992. The third-order valence-electron chi connectivity index (χ3n) is 7.48. The first-order chi connectivity index (χ1) is 23.8. The Morgan fingerprint density at radius 2 is 1.12 bits per heavy atom. The fraction of sp³-hybridized carbons (Fsp3) is 0.692. The van der Waals surface area contributed by atoms with E-state index in [0.717, 1.165) is 77.0 Å². The number of hydrogen-bond donors (Lipinski definition) is 2. The van der Waals surface area contributed by atoms with Crippen molar-refractivity contribution in [2.24, 2.45) is 5.73 Å². The first-order valence-electron chi connectivity index (χ1n) is 18.8. The number of rotatable bonds is 34. The summed E-state index contributed by atoms with van der Waals surface area (Å²) in [6, 6.07) is 0. The first kappa shape index (κ1) is 46.7. The van der Waals surface area contributed by atoms with Crippen molar-refractivity contribution in [2.45, 2.75) is 148 Å². The Morgan fingerprint density at radius 1 is 0.633 bits per heavy atom. The molecule has 282 valence electrons. The minimum Gasteiger partial charge on any atom is -0.462 e. The highest BCUT2D eigenvalue weighted by molar-refractivity contribution is 7.47. The van der Waals surface area contributed by atoms with Crippen LogP contribution >= 0.6 is 7.82 Å². The monoisotopic (exact) mass is 709 g/mol. The summed E-state index contributed by atoms with van der Waals surface area (Å²) >= 11 is 0. The third-order valence-corrected chi connectivity index (χ3v) is 8.46. The van der Waals surface area contributed by atoms with E-state index in [-0.39, 0.29) is 32.6 Å². The smallest absolute Gasteiger partial charge is 0.462 e. The zero-order valence-electron chi connectivity index (χ0n) is 30.7. The molecule has 0 aliphatic rings. The molecule has 10 heteroatoms. The zero-order chi connectivity index (χ0) is 36.1. The lowest BCUT2D eigenvalue weighted by atomic mass is 10.1. The van der Waals surface area contributed by atoms with Crippen LogP contribution in [0.1, 0.15) is 142 Å². The molecule has 0 heterocycles. The number of esters is 2. The molecule has 9 nitrogen and oxygen atoms in total. The van der Waals surface area contributed by atoms with Crippen LogP contribution in [0.5, 0.6) is 0 Å². The molecule has 2 unspecified atom stereocenters. The molecular formula is C39H68NO8P. The van der Waals surface area contributed by atoms with Gasteiger partial charge in [-0.15, -0.1) is 0 Å². The van der Waals surface area contributed by atoms with Gasteiger partial charge in [0.1, 0.15) is 6.61 Å². The molecule has 0 aromatic carbocycles. The second kappa shape index (κ2) is 35.5. The number of ether oxygens (including phenoxy) is 2. The molecule has 0 spiro atoms. The van der Waals surface area contributed by atoms with Gasteiger partial charge >= 0.3 is 19.8 Å². The van der Waals surface area contributed by atoms with Crippen LogP contribution in [-0.4, -0.2) is 49.3 Å².